The number of nitrogens with zero attached hydrogens (tertiary/aromatic N) is 1. The van der Waals surface area contributed by atoms with Crippen molar-refractivity contribution in [3.63, 3.8) is 0 Å². The van der Waals surface area contributed by atoms with Crippen LogP contribution < -0.4 is 5.32 Å². The average molecular weight is 280 g/mol. The Morgan fingerprint density at radius 3 is 2.15 bits per heavy atom. The van der Waals surface area contributed by atoms with Crippen molar-refractivity contribution in [2.45, 2.75) is 86.0 Å². The molecule has 2 atom stereocenters. The van der Waals surface area contributed by atoms with Gasteiger partial charge in [0.15, 0.2) is 0 Å². The highest BCUT2D eigenvalue weighted by molar-refractivity contribution is 5.85. The van der Waals surface area contributed by atoms with Gasteiger partial charge < -0.3 is 4.90 Å². The predicted molar refractivity (Wildman–Crippen MR) is 83.3 cm³/mol. The SMILES string of the molecule is CCCC1NC(CC(C)C)N(C2C(C)(C)C2(C)C)C1=O. The first-order valence-electron chi connectivity index (χ1n) is 8.22. The lowest BCUT2D eigenvalue weighted by atomic mass is 10.0. The van der Waals surface area contributed by atoms with Gasteiger partial charge in [0.1, 0.15) is 0 Å². The van der Waals surface area contributed by atoms with E-state index in [1.165, 1.54) is 0 Å². The van der Waals surface area contributed by atoms with Crippen LogP contribution in [0.15, 0.2) is 0 Å². The molecule has 1 saturated carbocycles. The Labute approximate surface area is 124 Å². The first kappa shape index (κ1) is 15.8. The molecule has 1 aliphatic heterocycles. The van der Waals surface area contributed by atoms with E-state index in [0.717, 1.165) is 19.3 Å². The van der Waals surface area contributed by atoms with Crippen molar-refractivity contribution >= 4 is 5.91 Å². The minimum absolute atomic E-state index is 0.0379. The molecule has 0 aromatic rings. The number of nitrogens with one attached hydrogen (secondary N) is 1. The lowest BCUT2D eigenvalue weighted by molar-refractivity contribution is -0.131. The Kier molecular flexibility index (Phi) is 3.96. The fourth-order valence-electron chi connectivity index (χ4n) is 4.01. The number of hydrogen-bond acceptors (Lipinski definition) is 2. The van der Waals surface area contributed by atoms with Gasteiger partial charge in [0, 0.05) is 6.04 Å². The first-order valence-corrected chi connectivity index (χ1v) is 8.22. The minimum atomic E-state index is 0.0379. The van der Waals surface area contributed by atoms with Crippen LogP contribution in [0.1, 0.15) is 67.7 Å². The molecule has 0 radical (unpaired) electrons. The monoisotopic (exact) mass is 280 g/mol. The van der Waals surface area contributed by atoms with Gasteiger partial charge in [0.25, 0.3) is 0 Å². The summed E-state index contributed by atoms with van der Waals surface area (Å²) in [6.07, 6.45) is 3.29. The van der Waals surface area contributed by atoms with E-state index < -0.39 is 0 Å². The number of amides is 1. The molecule has 1 N–H and O–H groups in total. The van der Waals surface area contributed by atoms with Crippen LogP contribution in [0.2, 0.25) is 0 Å². The predicted octanol–water partition coefficient (Wildman–Crippen LogP) is 3.39. The average Bonchev–Trinajstić information content (AvgIpc) is 2.56. The Bertz CT molecular complexity index is 372. The molecule has 116 valence electrons. The maximum absolute atomic E-state index is 12.8. The Hall–Kier alpha value is -0.570. The van der Waals surface area contributed by atoms with Crippen LogP contribution in [0.5, 0.6) is 0 Å². The summed E-state index contributed by atoms with van der Waals surface area (Å²) < 4.78 is 0. The van der Waals surface area contributed by atoms with Gasteiger partial charge in [-0.1, -0.05) is 54.9 Å². The molecular weight excluding hydrogens is 248 g/mol. The molecule has 0 aromatic carbocycles. The van der Waals surface area contributed by atoms with E-state index in [-0.39, 0.29) is 23.0 Å². The molecule has 1 heterocycles. The summed E-state index contributed by atoms with van der Waals surface area (Å²) in [6.45, 7) is 15.8. The summed E-state index contributed by atoms with van der Waals surface area (Å²) in [5, 5.41) is 3.60. The molecule has 2 rings (SSSR count). The van der Waals surface area contributed by atoms with E-state index >= 15 is 0 Å². The van der Waals surface area contributed by atoms with Crippen LogP contribution in [-0.4, -0.2) is 29.1 Å². The van der Waals surface area contributed by atoms with Crippen molar-refractivity contribution in [2.75, 3.05) is 0 Å². The van der Waals surface area contributed by atoms with Gasteiger partial charge in [0.05, 0.1) is 12.2 Å². The standard InChI is InChI=1S/C17H32N2O/c1-8-9-12-14(20)19(13(18-12)10-11(2)3)15-16(4,5)17(15,6)7/h11-13,15,18H,8-10H2,1-7H3. The molecule has 0 bridgehead atoms. The smallest absolute Gasteiger partial charge is 0.241 e. The molecule has 3 heteroatoms. The topological polar surface area (TPSA) is 32.3 Å². The molecule has 2 aliphatic rings. The molecule has 1 aliphatic carbocycles. The van der Waals surface area contributed by atoms with Gasteiger partial charge in [-0.3, -0.25) is 10.1 Å². The van der Waals surface area contributed by atoms with E-state index in [9.17, 15) is 4.79 Å². The van der Waals surface area contributed by atoms with Gasteiger partial charge in [-0.15, -0.1) is 0 Å². The van der Waals surface area contributed by atoms with Crippen LogP contribution in [-0.2, 0) is 4.79 Å². The maximum atomic E-state index is 12.8. The van der Waals surface area contributed by atoms with Crippen molar-refractivity contribution in [1.82, 2.24) is 10.2 Å². The Morgan fingerprint density at radius 1 is 1.20 bits per heavy atom. The van der Waals surface area contributed by atoms with Gasteiger partial charge in [-0.2, -0.15) is 0 Å². The summed E-state index contributed by atoms with van der Waals surface area (Å²) in [4.78, 5) is 15.0. The zero-order valence-electron chi connectivity index (χ0n) is 14.3. The quantitative estimate of drug-likeness (QED) is 0.837. The lowest BCUT2D eigenvalue weighted by Gasteiger charge is -2.28. The molecule has 2 fully saturated rings. The largest absolute Gasteiger partial charge is 0.322 e. The second-order valence-electron chi connectivity index (χ2n) is 8.24. The van der Waals surface area contributed by atoms with E-state index in [2.05, 4.69) is 58.7 Å². The second-order valence-corrected chi connectivity index (χ2v) is 8.24. The van der Waals surface area contributed by atoms with E-state index in [0.29, 0.717) is 17.9 Å². The number of rotatable bonds is 5. The fourth-order valence-corrected chi connectivity index (χ4v) is 4.01. The second kappa shape index (κ2) is 5.01. The molecule has 0 aromatic heterocycles. The van der Waals surface area contributed by atoms with Crippen molar-refractivity contribution in [1.29, 1.82) is 0 Å². The summed E-state index contributed by atoms with van der Waals surface area (Å²) in [7, 11) is 0. The van der Waals surface area contributed by atoms with Gasteiger partial charge in [-0.25, -0.2) is 0 Å². The van der Waals surface area contributed by atoms with Gasteiger partial charge in [-0.05, 0) is 29.6 Å². The lowest BCUT2D eigenvalue weighted by Crippen LogP contribution is -2.42. The number of carbonyl (C=O) groups is 1. The third-order valence-corrected chi connectivity index (χ3v) is 5.78. The zero-order valence-corrected chi connectivity index (χ0v) is 14.3. The van der Waals surface area contributed by atoms with E-state index in [1.54, 1.807) is 0 Å². The first-order chi connectivity index (χ1) is 9.14. The molecule has 0 spiro atoms. The third kappa shape index (κ3) is 2.28. The molecule has 1 saturated heterocycles. The summed E-state index contributed by atoms with van der Waals surface area (Å²) in [5.41, 5.74) is 0.446. The van der Waals surface area contributed by atoms with Crippen molar-refractivity contribution < 1.29 is 4.79 Å². The highest BCUT2D eigenvalue weighted by Gasteiger charge is 2.70. The van der Waals surface area contributed by atoms with Crippen molar-refractivity contribution in [2.24, 2.45) is 16.7 Å². The van der Waals surface area contributed by atoms with Crippen LogP contribution in [0.3, 0.4) is 0 Å². The van der Waals surface area contributed by atoms with Crippen molar-refractivity contribution in [3.05, 3.63) is 0 Å². The highest BCUT2D eigenvalue weighted by Crippen LogP contribution is 2.66. The highest BCUT2D eigenvalue weighted by atomic mass is 16.2. The Balaban J connectivity index is 2.21. The molecule has 3 nitrogen and oxygen atoms in total. The maximum Gasteiger partial charge on any atom is 0.241 e. The minimum Gasteiger partial charge on any atom is -0.322 e. The molecule has 2 unspecified atom stereocenters. The van der Waals surface area contributed by atoms with E-state index in [4.69, 9.17) is 0 Å². The number of hydrogen-bond donors (Lipinski definition) is 1. The van der Waals surface area contributed by atoms with Crippen LogP contribution in [0, 0.1) is 16.7 Å². The van der Waals surface area contributed by atoms with Crippen LogP contribution in [0.4, 0.5) is 0 Å². The summed E-state index contributed by atoms with van der Waals surface area (Å²) in [5.74, 6) is 0.939. The van der Waals surface area contributed by atoms with Gasteiger partial charge >= 0.3 is 0 Å². The van der Waals surface area contributed by atoms with Crippen LogP contribution >= 0.6 is 0 Å². The van der Waals surface area contributed by atoms with E-state index in [1.807, 2.05) is 0 Å². The normalized spacial score (nSPS) is 32.2. The molecule has 1 amide bonds. The van der Waals surface area contributed by atoms with Crippen molar-refractivity contribution in [3.8, 4) is 0 Å². The number of carbonyl (C=O) groups excluding carboxylic acids is 1. The molecular formula is C17H32N2O. The molecule has 20 heavy (non-hydrogen) atoms. The summed E-state index contributed by atoms with van der Waals surface area (Å²) >= 11 is 0. The summed E-state index contributed by atoms with van der Waals surface area (Å²) in [6, 6.07) is 0.413. The third-order valence-electron chi connectivity index (χ3n) is 5.78. The Morgan fingerprint density at radius 2 is 1.75 bits per heavy atom. The fraction of sp³-hybridized carbons (Fsp3) is 0.941. The zero-order chi connectivity index (χ0) is 15.3. The van der Waals surface area contributed by atoms with Crippen LogP contribution in [0.25, 0.3) is 0 Å². The van der Waals surface area contributed by atoms with Gasteiger partial charge in [0.2, 0.25) is 5.91 Å².